The predicted octanol–water partition coefficient (Wildman–Crippen LogP) is 3.92. The third-order valence-corrected chi connectivity index (χ3v) is 7.35. The molecular weight excluding hydrogens is 489 g/mol. The lowest BCUT2D eigenvalue weighted by molar-refractivity contribution is -0.139. The van der Waals surface area contributed by atoms with Crippen molar-refractivity contribution in [2.75, 3.05) is 0 Å². The number of halogens is 2. The molecule has 10 heteroatoms. The number of amides is 1. The van der Waals surface area contributed by atoms with Crippen LogP contribution in [-0.4, -0.2) is 55.1 Å². The number of Topliss-reactive ketones (excluding diaryl/α,β-unsaturated/α-hetero) is 2. The second-order valence-corrected chi connectivity index (χ2v) is 9.80. The fraction of sp³-hybridized carbons (Fsp3) is 0.346. The molecule has 0 radical (unpaired) electrons. The number of piperidine rings is 1. The first-order chi connectivity index (χ1) is 17.2. The van der Waals surface area contributed by atoms with Crippen LogP contribution in [0.3, 0.4) is 0 Å². The largest absolute Gasteiger partial charge is 0.477 e. The molecular formula is C26H23ClFN3O5. The standard InChI is InChI=1S/C26H23ClFN3O5/c1-13(32)17-11-30(25-16(17)6-7-19(29-25)26(35)36)12-23(34)31-20-9-15(20)10-21(31)22(33)8-5-14-3-2-4-18(27)24(14)28/h2-4,6-7,11,15,20-21H,5,8-10,12H2,1H3,(H,35,36)/t15-,20-,21+/m1/s1. The molecule has 0 spiro atoms. The number of carboxylic acid groups (broad SMARTS) is 1. The van der Waals surface area contributed by atoms with E-state index in [0.29, 0.717) is 22.9 Å². The molecule has 3 aromatic rings. The summed E-state index contributed by atoms with van der Waals surface area (Å²) in [6.45, 7) is 1.20. The van der Waals surface area contributed by atoms with Crippen molar-refractivity contribution in [2.45, 2.75) is 51.2 Å². The maximum absolute atomic E-state index is 14.2. The number of likely N-dealkylation sites (tertiary alicyclic amines) is 1. The molecule has 1 saturated heterocycles. The molecule has 3 heterocycles. The summed E-state index contributed by atoms with van der Waals surface area (Å²) in [6.07, 6.45) is 3.16. The Balaban J connectivity index is 1.37. The fourth-order valence-corrected chi connectivity index (χ4v) is 5.37. The molecule has 0 unspecified atom stereocenters. The number of benzene rings is 1. The van der Waals surface area contributed by atoms with E-state index in [4.69, 9.17) is 11.6 Å². The third kappa shape index (κ3) is 4.28. The quantitative estimate of drug-likeness (QED) is 0.459. The Labute approximate surface area is 210 Å². The van der Waals surface area contributed by atoms with Crippen molar-refractivity contribution in [1.29, 1.82) is 0 Å². The Morgan fingerprint density at radius 1 is 1.17 bits per heavy atom. The van der Waals surface area contributed by atoms with Crippen LogP contribution in [0.25, 0.3) is 11.0 Å². The van der Waals surface area contributed by atoms with Gasteiger partial charge in [-0.3, -0.25) is 14.4 Å². The number of ketones is 2. The van der Waals surface area contributed by atoms with Gasteiger partial charge in [-0.25, -0.2) is 14.2 Å². The molecule has 36 heavy (non-hydrogen) atoms. The van der Waals surface area contributed by atoms with Crippen molar-refractivity contribution >= 4 is 46.1 Å². The molecule has 2 aliphatic rings. The van der Waals surface area contributed by atoms with Crippen molar-refractivity contribution in [1.82, 2.24) is 14.5 Å². The van der Waals surface area contributed by atoms with Gasteiger partial charge in [0.05, 0.1) is 11.1 Å². The van der Waals surface area contributed by atoms with E-state index in [1.165, 1.54) is 35.9 Å². The summed E-state index contributed by atoms with van der Waals surface area (Å²) in [5, 5.41) is 9.79. The van der Waals surface area contributed by atoms with Crippen molar-refractivity contribution in [3.63, 3.8) is 0 Å². The number of pyridine rings is 1. The van der Waals surface area contributed by atoms with Gasteiger partial charge in [0.1, 0.15) is 18.0 Å². The number of rotatable bonds is 8. The number of fused-ring (bicyclic) bond motifs is 2. The Bertz CT molecular complexity index is 1430. The highest BCUT2D eigenvalue weighted by molar-refractivity contribution is 6.30. The summed E-state index contributed by atoms with van der Waals surface area (Å²) in [5.74, 6) is -2.17. The lowest BCUT2D eigenvalue weighted by Crippen LogP contribution is -2.44. The predicted molar refractivity (Wildman–Crippen MR) is 129 cm³/mol. The number of aryl methyl sites for hydroxylation is 1. The Kier molecular flexibility index (Phi) is 6.12. The number of hydrogen-bond acceptors (Lipinski definition) is 5. The second kappa shape index (κ2) is 9.13. The molecule has 1 amide bonds. The summed E-state index contributed by atoms with van der Waals surface area (Å²) in [5.41, 5.74) is 0.713. The molecule has 1 aliphatic heterocycles. The van der Waals surface area contributed by atoms with E-state index in [0.717, 1.165) is 6.42 Å². The van der Waals surface area contributed by atoms with Gasteiger partial charge in [-0.05, 0) is 55.9 Å². The summed E-state index contributed by atoms with van der Waals surface area (Å²) in [6, 6.07) is 6.88. The number of hydrogen-bond donors (Lipinski definition) is 1. The van der Waals surface area contributed by atoms with Gasteiger partial charge < -0.3 is 14.6 Å². The Hall–Kier alpha value is -3.59. The average Bonchev–Trinajstić information content (AvgIpc) is 3.35. The van der Waals surface area contributed by atoms with Gasteiger partial charge in [0.25, 0.3) is 0 Å². The molecule has 1 N–H and O–H groups in total. The van der Waals surface area contributed by atoms with Crippen LogP contribution in [0.15, 0.2) is 36.5 Å². The van der Waals surface area contributed by atoms with E-state index in [1.54, 1.807) is 17.0 Å². The molecule has 186 valence electrons. The fourth-order valence-electron chi connectivity index (χ4n) is 5.18. The molecule has 2 aromatic heterocycles. The van der Waals surface area contributed by atoms with Gasteiger partial charge in [-0.1, -0.05) is 23.7 Å². The minimum Gasteiger partial charge on any atom is -0.477 e. The lowest BCUT2D eigenvalue weighted by Gasteiger charge is -2.27. The third-order valence-electron chi connectivity index (χ3n) is 7.06. The van der Waals surface area contributed by atoms with Gasteiger partial charge in [0.2, 0.25) is 5.91 Å². The highest BCUT2D eigenvalue weighted by Crippen LogP contribution is 2.48. The minimum atomic E-state index is -1.22. The maximum Gasteiger partial charge on any atom is 0.354 e. The highest BCUT2D eigenvalue weighted by atomic mass is 35.5. The topological polar surface area (TPSA) is 110 Å². The Morgan fingerprint density at radius 3 is 2.67 bits per heavy atom. The van der Waals surface area contributed by atoms with Crippen LogP contribution in [0, 0.1) is 11.7 Å². The number of carbonyl (C=O) groups excluding carboxylic acids is 3. The van der Waals surface area contributed by atoms with Crippen molar-refractivity contribution in [3.8, 4) is 0 Å². The summed E-state index contributed by atoms with van der Waals surface area (Å²) < 4.78 is 15.7. The van der Waals surface area contributed by atoms with Gasteiger partial charge in [0.15, 0.2) is 17.3 Å². The average molecular weight is 512 g/mol. The summed E-state index contributed by atoms with van der Waals surface area (Å²) in [4.78, 5) is 55.8. The van der Waals surface area contributed by atoms with Crippen molar-refractivity contribution < 1.29 is 28.7 Å². The molecule has 3 atom stereocenters. The summed E-state index contributed by atoms with van der Waals surface area (Å²) in [7, 11) is 0. The van der Waals surface area contributed by atoms with E-state index in [-0.39, 0.29) is 65.2 Å². The first-order valence-electron chi connectivity index (χ1n) is 11.7. The smallest absolute Gasteiger partial charge is 0.354 e. The van der Waals surface area contributed by atoms with E-state index < -0.39 is 17.8 Å². The number of aromatic nitrogens is 2. The zero-order chi connectivity index (χ0) is 25.7. The van der Waals surface area contributed by atoms with Gasteiger partial charge in [-0.2, -0.15) is 0 Å². The molecule has 1 saturated carbocycles. The van der Waals surface area contributed by atoms with E-state index in [2.05, 4.69) is 4.98 Å². The van der Waals surface area contributed by atoms with Crippen LogP contribution < -0.4 is 0 Å². The van der Waals surface area contributed by atoms with Gasteiger partial charge >= 0.3 is 5.97 Å². The minimum absolute atomic E-state index is 0.00223. The monoisotopic (exact) mass is 511 g/mol. The molecule has 1 aliphatic carbocycles. The van der Waals surface area contributed by atoms with Crippen LogP contribution in [0.1, 0.15) is 52.6 Å². The van der Waals surface area contributed by atoms with Crippen molar-refractivity contribution in [3.05, 3.63) is 64.2 Å². The van der Waals surface area contributed by atoms with Crippen LogP contribution in [0.4, 0.5) is 4.39 Å². The molecule has 2 fully saturated rings. The van der Waals surface area contributed by atoms with E-state index >= 15 is 0 Å². The van der Waals surface area contributed by atoms with Crippen LogP contribution in [0.5, 0.6) is 0 Å². The first kappa shape index (κ1) is 24.1. The highest BCUT2D eigenvalue weighted by Gasteiger charge is 2.55. The molecule has 5 rings (SSSR count). The maximum atomic E-state index is 14.2. The van der Waals surface area contributed by atoms with Gasteiger partial charge in [-0.15, -0.1) is 0 Å². The van der Waals surface area contributed by atoms with Crippen LogP contribution in [-0.2, 0) is 22.6 Å². The SMILES string of the molecule is CC(=O)c1cn(CC(=O)N2[C@@H]3C[C@@H]3C[C@H]2C(=O)CCc2cccc(Cl)c2F)c2nc(C(=O)O)ccc12. The van der Waals surface area contributed by atoms with Gasteiger partial charge in [0, 0.05) is 29.6 Å². The molecule has 8 nitrogen and oxygen atoms in total. The molecule has 0 bridgehead atoms. The number of aromatic carboxylic acids is 1. The van der Waals surface area contributed by atoms with E-state index in [1.807, 2.05) is 0 Å². The van der Waals surface area contributed by atoms with Crippen LogP contribution in [0.2, 0.25) is 5.02 Å². The molecule has 1 aromatic carbocycles. The first-order valence-corrected chi connectivity index (χ1v) is 12.0. The number of nitrogens with zero attached hydrogens (tertiary/aromatic N) is 3. The Morgan fingerprint density at radius 2 is 1.94 bits per heavy atom. The second-order valence-electron chi connectivity index (χ2n) is 9.39. The number of carboxylic acids is 1. The van der Waals surface area contributed by atoms with E-state index in [9.17, 15) is 28.7 Å². The lowest BCUT2D eigenvalue weighted by atomic mass is 10.00. The summed E-state index contributed by atoms with van der Waals surface area (Å²) >= 11 is 5.84. The van der Waals surface area contributed by atoms with Crippen LogP contribution >= 0.6 is 11.6 Å². The zero-order valence-corrected chi connectivity index (χ0v) is 20.2. The normalized spacial score (nSPS) is 20.4. The zero-order valence-electron chi connectivity index (χ0n) is 19.4. The van der Waals surface area contributed by atoms with Crippen molar-refractivity contribution in [2.24, 2.45) is 5.92 Å². The number of carbonyl (C=O) groups is 4.